The molecule has 0 radical (unpaired) electrons. The molecule has 0 saturated heterocycles. The predicted molar refractivity (Wildman–Crippen MR) is 148 cm³/mol. The second-order valence-corrected chi connectivity index (χ2v) is 9.57. The Morgan fingerprint density at radius 3 is 2.60 bits per heavy atom. The summed E-state index contributed by atoms with van der Waals surface area (Å²) in [6.45, 7) is 3.87. The normalized spacial score (nSPS) is 11.5. The van der Waals surface area contributed by atoms with Gasteiger partial charge < -0.3 is 9.88 Å². The van der Waals surface area contributed by atoms with Crippen LogP contribution in [0.2, 0.25) is 5.02 Å². The van der Waals surface area contributed by atoms with Crippen molar-refractivity contribution in [3.8, 4) is 0 Å². The summed E-state index contributed by atoms with van der Waals surface area (Å²) in [7, 11) is 2.13. The number of fused-ring (bicyclic) bond motifs is 2. The average Bonchev–Trinajstić information content (AvgIpc) is 3.19. The van der Waals surface area contributed by atoms with Gasteiger partial charge in [-0.1, -0.05) is 60.1 Å². The van der Waals surface area contributed by atoms with Gasteiger partial charge >= 0.3 is 0 Å². The topological polar surface area (TPSA) is 33.1 Å². The number of unbranched alkanes of at least 4 members (excludes halogenated alkanes) is 1. The van der Waals surface area contributed by atoms with Crippen LogP contribution in [-0.4, -0.2) is 27.5 Å². The van der Waals surface area contributed by atoms with Gasteiger partial charge in [0, 0.05) is 66.1 Å². The van der Waals surface area contributed by atoms with E-state index in [0.29, 0.717) is 5.02 Å². The minimum absolute atomic E-state index is 0.715. The number of rotatable bonds is 10. The second kappa shape index (κ2) is 10.9. The van der Waals surface area contributed by atoms with Gasteiger partial charge in [0.05, 0.1) is 5.52 Å². The third-order valence-corrected chi connectivity index (χ3v) is 6.78. The zero-order valence-electron chi connectivity index (χ0n) is 20.1. The number of pyridine rings is 1. The number of hydrogen-bond acceptors (Lipinski definition) is 3. The number of para-hydroxylation sites is 1. The first-order valence-electron chi connectivity index (χ1n) is 12.2. The first-order chi connectivity index (χ1) is 17.2. The highest BCUT2D eigenvalue weighted by atomic mass is 35.5. The van der Waals surface area contributed by atoms with E-state index in [1.54, 1.807) is 0 Å². The summed E-state index contributed by atoms with van der Waals surface area (Å²) < 4.78 is 2.24. The minimum atomic E-state index is 0.715. The maximum Gasteiger partial charge on any atom is 0.0737 e. The van der Waals surface area contributed by atoms with Crippen molar-refractivity contribution in [2.24, 2.45) is 7.05 Å². The van der Waals surface area contributed by atoms with Crippen LogP contribution in [0.1, 0.15) is 24.0 Å². The van der Waals surface area contributed by atoms with E-state index in [2.05, 4.69) is 87.6 Å². The van der Waals surface area contributed by atoms with Crippen molar-refractivity contribution in [1.29, 1.82) is 0 Å². The molecule has 0 bridgehead atoms. The van der Waals surface area contributed by atoms with Crippen LogP contribution in [0.3, 0.4) is 0 Å². The summed E-state index contributed by atoms with van der Waals surface area (Å²) in [6.07, 6.45) is 6.34. The smallest absolute Gasteiger partial charge is 0.0737 e. The fraction of sp³-hybridized carbons (Fsp3) is 0.233. The van der Waals surface area contributed by atoms with Gasteiger partial charge in [-0.05, 0) is 60.8 Å². The lowest BCUT2D eigenvalue weighted by Gasteiger charge is -2.22. The van der Waals surface area contributed by atoms with Crippen molar-refractivity contribution < 1.29 is 0 Å². The van der Waals surface area contributed by atoms with Crippen molar-refractivity contribution in [2.75, 3.05) is 18.4 Å². The molecule has 0 aliphatic rings. The number of anilines is 1. The number of nitrogens with zero attached hydrogens (tertiary/aromatic N) is 3. The van der Waals surface area contributed by atoms with Crippen LogP contribution in [0.15, 0.2) is 91.3 Å². The van der Waals surface area contributed by atoms with Crippen LogP contribution in [0.5, 0.6) is 0 Å². The Hall–Kier alpha value is -3.34. The standard InChI is InChI=1S/C30H31ClN4/c1-34-21-24(26-11-5-6-12-30(26)34)22-35(20-23-9-3-2-4-10-23)18-8-7-16-32-28-15-17-33-29-19-25(31)13-14-27(28)29/h2-6,9-15,17,19,21H,7-8,16,18,20,22H2,1H3,(H,32,33). The zero-order valence-corrected chi connectivity index (χ0v) is 20.9. The molecule has 2 heterocycles. The summed E-state index contributed by atoms with van der Waals surface area (Å²) in [5.74, 6) is 0. The van der Waals surface area contributed by atoms with Crippen LogP contribution in [0.25, 0.3) is 21.8 Å². The predicted octanol–water partition coefficient (Wildman–Crippen LogP) is 7.27. The quantitative estimate of drug-likeness (QED) is 0.212. The number of aromatic nitrogens is 2. The zero-order chi connectivity index (χ0) is 24.0. The SMILES string of the molecule is Cn1cc(CN(CCCCNc2ccnc3cc(Cl)ccc23)Cc2ccccc2)c2ccccc21. The molecular weight excluding hydrogens is 452 g/mol. The maximum absolute atomic E-state index is 6.13. The molecule has 35 heavy (non-hydrogen) atoms. The summed E-state index contributed by atoms with van der Waals surface area (Å²) in [6, 6.07) is 27.4. The molecule has 5 rings (SSSR count). The summed E-state index contributed by atoms with van der Waals surface area (Å²) >= 11 is 6.13. The van der Waals surface area contributed by atoms with Crippen molar-refractivity contribution in [1.82, 2.24) is 14.5 Å². The second-order valence-electron chi connectivity index (χ2n) is 9.13. The molecule has 1 N–H and O–H groups in total. The van der Waals surface area contributed by atoms with Gasteiger partial charge in [0.25, 0.3) is 0 Å². The molecule has 5 aromatic rings. The van der Waals surface area contributed by atoms with Crippen LogP contribution in [0, 0.1) is 0 Å². The molecular formula is C30H31ClN4. The lowest BCUT2D eigenvalue weighted by atomic mass is 10.1. The van der Waals surface area contributed by atoms with E-state index in [4.69, 9.17) is 11.6 Å². The van der Waals surface area contributed by atoms with Crippen LogP contribution in [-0.2, 0) is 20.1 Å². The molecule has 0 aliphatic carbocycles. The summed E-state index contributed by atoms with van der Waals surface area (Å²) in [5.41, 5.74) is 6.07. The Labute approximate surface area is 212 Å². The van der Waals surface area contributed by atoms with Crippen LogP contribution in [0.4, 0.5) is 5.69 Å². The summed E-state index contributed by atoms with van der Waals surface area (Å²) in [5, 5.41) is 6.77. The Morgan fingerprint density at radius 1 is 0.886 bits per heavy atom. The number of aryl methyl sites for hydroxylation is 1. The van der Waals surface area contributed by atoms with Gasteiger partial charge in [-0.15, -0.1) is 0 Å². The Kier molecular flexibility index (Phi) is 7.31. The van der Waals surface area contributed by atoms with E-state index in [0.717, 1.165) is 55.6 Å². The fourth-order valence-corrected chi connectivity index (χ4v) is 4.97. The van der Waals surface area contributed by atoms with E-state index in [1.165, 1.54) is 22.0 Å². The molecule has 3 aromatic carbocycles. The first kappa shape index (κ1) is 23.4. The third kappa shape index (κ3) is 5.67. The largest absolute Gasteiger partial charge is 0.384 e. The Balaban J connectivity index is 1.22. The maximum atomic E-state index is 6.13. The summed E-state index contributed by atoms with van der Waals surface area (Å²) in [4.78, 5) is 7.01. The van der Waals surface area contributed by atoms with Crippen molar-refractivity contribution in [2.45, 2.75) is 25.9 Å². The number of halogens is 1. The van der Waals surface area contributed by atoms with Crippen molar-refractivity contribution >= 4 is 39.1 Å². The number of benzene rings is 3. The molecule has 0 saturated carbocycles. The van der Waals surface area contributed by atoms with Crippen molar-refractivity contribution in [3.05, 3.63) is 107 Å². The first-order valence-corrected chi connectivity index (χ1v) is 12.6. The third-order valence-electron chi connectivity index (χ3n) is 6.54. The Bertz CT molecular complexity index is 1410. The van der Waals surface area contributed by atoms with Crippen molar-refractivity contribution in [3.63, 3.8) is 0 Å². The molecule has 4 nitrogen and oxygen atoms in total. The van der Waals surface area contributed by atoms with E-state index in [1.807, 2.05) is 30.5 Å². The molecule has 5 heteroatoms. The average molecular weight is 483 g/mol. The van der Waals surface area contributed by atoms with E-state index in [9.17, 15) is 0 Å². The van der Waals surface area contributed by atoms with Crippen LogP contribution >= 0.6 is 11.6 Å². The number of hydrogen-bond donors (Lipinski definition) is 1. The molecule has 0 aliphatic heterocycles. The van der Waals surface area contributed by atoms with Gasteiger partial charge in [0.1, 0.15) is 0 Å². The van der Waals surface area contributed by atoms with Gasteiger partial charge in [0.2, 0.25) is 0 Å². The minimum Gasteiger partial charge on any atom is -0.384 e. The fourth-order valence-electron chi connectivity index (χ4n) is 4.81. The monoisotopic (exact) mass is 482 g/mol. The lowest BCUT2D eigenvalue weighted by molar-refractivity contribution is 0.253. The lowest BCUT2D eigenvalue weighted by Crippen LogP contribution is -2.24. The molecule has 0 atom stereocenters. The molecule has 0 spiro atoms. The molecule has 178 valence electrons. The van der Waals surface area contributed by atoms with Gasteiger partial charge in [-0.25, -0.2) is 0 Å². The van der Waals surface area contributed by atoms with Gasteiger partial charge in [-0.2, -0.15) is 0 Å². The van der Waals surface area contributed by atoms with Gasteiger partial charge in [-0.3, -0.25) is 9.88 Å². The van der Waals surface area contributed by atoms with E-state index < -0.39 is 0 Å². The van der Waals surface area contributed by atoms with E-state index in [-0.39, 0.29) is 0 Å². The van der Waals surface area contributed by atoms with E-state index >= 15 is 0 Å². The molecule has 0 unspecified atom stereocenters. The molecule has 0 fully saturated rings. The molecule has 2 aromatic heterocycles. The number of nitrogens with one attached hydrogen (secondary N) is 1. The van der Waals surface area contributed by atoms with Crippen LogP contribution < -0.4 is 5.32 Å². The highest BCUT2D eigenvalue weighted by Crippen LogP contribution is 2.25. The Morgan fingerprint density at radius 2 is 1.71 bits per heavy atom. The highest BCUT2D eigenvalue weighted by Gasteiger charge is 2.12. The highest BCUT2D eigenvalue weighted by molar-refractivity contribution is 6.31. The van der Waals surface area contributed by atoms with Gasteiger partial charge in [0.15, 0.2) is 0 Å². The molecule has 0 amide bonds.